The monoisotopic (exact) mass is 323 g/mol. The summed E-state index contributed by atoms with van der Waals surface area (Å²) in [6.07, 6.45) is 9.32. The molecule has 4 nitrogen and oxygen atoms in total. The summed E-state index contributed by atoms with van der Waals surface area (Å²) in [6, 6.07) is 10.2. The molecule has 2 aliphatic rings. The molecule has 2 aromatic rings. The highest BCUT2D eigenvalue weighted by atomic mass is 16.1. The number of rotatable bonds is 4. The molecule has 1 aromatic carbocycles. The Morgan fingerprint density at radius 3 is 2.62 bits per heavy atom. The van der Waals surface area contributed by atoms with E-state index in [1.165, 1.54) is 43.4 Å². The zero-order valence-corrected chi connectivity index (χ0v) is 14.1. The predicted molar refractivity (Wildman–Crippen MR) is 94.5 cm³/mol. The number of aromatic nitrogens is 2. The van der Waals surface area contributed by atoms with Crippen LogP contribution >= 0.6 is 0 Å². The molecule has 0 radical (unpaired) electrons. The molecule has 0 bridgehead atoms. The zero-order valence-electron chi connectivity index (χ0n) is 14.1. The minimum absolute atomic E-state index is 0.00901. The lowest BCUT2D eigenvalue weighted by Gasteiger charge is -2.25. The van der Waals surface area contributed by atoms with Crippen molar-refractivity contribution in [3.05, 3.63) is 47.3 Å². The Labute approximate surface area is 143 Å². The van der Waals surface area contributed by atoms with Crippen LogP contribution in [0.5, 0.6) is 0 Å². The molecule has 1 fully saturated rings. The van der Waals surface area contributed by atoms with Gasteiger partial charge in [-0.05, 0) is 56.6 Å². The van der Waals surface area contributed by atoms with E-state index >= 15 is 0 Å². The van der Waals surface area contributed by atoms with Gasteiger partial charge in [0.25, 0.3) is 5.91 Å². The highest BCUT2D eigenvalue weighted by molar-refractivity contribution is 5.94. The van der Waals surface area contributed by atoms with Crippen molar-refractivity contribution in [3.63, 3.8) is 0 Å². The lowest BCUT2D eigenvalue weighted by molar-refractivity contribution is 0.0932. The van der Waals surface area contributed by atoms with Crippen molar-refractivity contribution in [2.24, 2.45) is 5.92 Å². The van der Waals surface area contributed by atoms with Crippen LogP contribution in [0.3, 0.4) is 0 Å². The number of amides is 1. The van der Waals surface area contributed by atoms with Gasteiger partial charge in [-0.15, -0.1) is 0 Å². The van der Waals surface area contributed by atoms with Gasteiger partial charge < -0.3 is 5.32 Å². The number of carbonyl (C=O) groups excluding carboxylic acids is 1. The van der Waals surface area contributed by atoms with Gasteiger partial charge in [0.1, 0.15) is 0 Å². The van der Waals surface area contributed by atoms with Crippen LogP contribution in [-0.4, -0.2) is 22.2 Å². The van der Waals surface area contributed by atoms with Crippen LogP contribution in [0.15, 0.2) is 30.3 Å². The number of nitrogens with zero attached hydrogens (tertiary/aromatic N) is 2. The summed E-state index contributed by atoms with van der Waals surface area (Å²) in [6.45, 7) is 0.797. The van der Waals surface area contributed by atoms with Gasteiger partial charge in [0.2, 0.25) is 0 Å². The van der Waals surface area contributed by atoms with Crippen molar-refractivity contribution in [1.29, 1.82) is 0 Å². The quantitative estimate of drug-likeness (QED) is 0.873. The van der Waals surface area contributed by atoms with Crippen molar-refractivity contribution >= 4 is 5.91 Å². The molecule has 0 unspecified atom stereocenters. The minimum Gasteiger partial charge on any atom is -0.350 e. The van der Waals surface area contributed by atoms with Crippen molar-refractivity contribution in [2.45, 2.75) is 51.4 Å². The summed E-state index contributed by atoms with van der Waals surface area (Å²) in [4.78, 5) is 12.7. The number of fused-ring (bicyclic) bond motifs is 1. The van der Waals surface area contributed by atoms with Crippen LogP contribution in [0.25, 0.3) is 5.69 Å². The van der Waals surface area contributed by atoms with E-state index in [9.17, 15) is 4.79 Å². The molecule has 1 N–H and O–H groups in total. The summed E-state index contributed by atoms with van der Waals surface area (Å²) in [7, 11) is 0. The number of carbonyl (C=O) groups is 1. The molecule has 2 aliphatic carbocycles. The average molecular weight is 323 g/mol. The van der Waals surface area contributed by atoms with Crippen LogP contribution in [0.4, 0.5) is 0 Å². The summed E-state index contributed by atoms with van der Waals surface area (Å²) >= 11 is 0. The van der Waals surface area contributed by atoms with E-state index in [1.54, 1.807) is 0 Å². The van der Waals surface area contributed by atoms with E-state index in [-0.39, 0.29) is 5.91 Å². The van der Waals surface area contributed by atoms with Gasteiger partial charge in [-0.3, -0.25) is 4.79 Å². The summed E-state index contributed by atoms with van der Waals surface area (Å²) in [5.41, 5.74) is 4.10. The fourth-order valence-electron chi connectivity index (χ4n) is 3.76. The molecule has 1 saturated carbocycles. The number of nitrogens with one attached hydrogen (secondary N) is 1. The molecule has 24 heavy (non-hydrogen) atoms. The predicted octanol–water partition coefficient (Wildman–Crippen LogP) is 3.67. The number of para-hydroxylation sites is 1. The molecular weight excluding hydrogens is 298 g/mol. The van der Waals surface area contributed by atoms with Gasteiger partial charge in [-0.2, -0.15) is 5.10 Å². The fourth-order valence-corrected chi connectivity index (χ4v) is 3.76. The third kappa shape index (κ3) is 2.97. The Kier molecular flexibility index (Phi) is 4.37. The van der Waals surface area contributed by atoms with E-state index in [4.69, 9.17) is 5.10 Å². The Morgan fingerprint density at radius 2 is 1.88 bits per heavy atom. The Balaban J connectivity index is 1.65. The first-order chi connectivity index (χ1) is 11.8. The molecule has 0 atom stereocenters. The zero-order chi connectivity index (χ0) is 16.4. The maximum atomic E-state index is 12.7. The highest BCUT2D eigenvalue weighted by Gasteiger charge is 2.25. The van der Waals surface area contributed by atoms with Gasteiger partial charge in [-0.25, -0.2) is 4.68 Å². The summed E-state index contributed by atoms with van der Waals surface area (Å²) < 4.78 is 2.00. The topological polar surface area (TPSA) is 46.9 Å². The minimum atomic E-state index is 0.00901. The summed E-state index contributed by atoms with van der Waals surface area (Å²) in [5, 5.41) is 7.85. The van der Waals surface area contributed by atoms with Gasteiger partial charge in [-0.1, -0.05) is 31.0 Å². The van der Waals surface area contributed by atoms with E-state index in [2.05, 4.69) is 17.4 Å². The molecule has 4 heteroatoms. The van der Waals surface area contributed by atoms with Crippen molar-refractivity contribution in [2.75, 3.05) is 6.54 Å². The largest absolute Gasteiger partial charge is 0.350 e. The van der Waals surface area contributed by atoms with Crippen molar-refractivity contribution in [3.8, 4) is 5.69 Å². The van der Waals surface area contributed by atoms with Crippen LogP contribution in [0, 0.1) is 5.92 Å². The molecule has 1 aromatic heterocycles. The second-order valence-electron chi connectivity index (χ2n) is 7.09. The van der Waals surface area contributed by atoms with Crippen molar-refractivity contribution < 1.29 is 4.79 Å². The van der Waals surface area contributed by atoms with Crippen LogP contribution in [-0.2, 0) is 12.8 Å². The van der Waals surface area contributed by atoms with E-state index in [1.807, 2.05) is 22.9 Å². The number of hydrogen-bond donors (Lipinski definition) is 1. The maximum absolute atomic E-state index is 12.7. The fraction of sp³-hybridized carbons (Fsp3) is 0.500. The molecule has 0 saturated heterocycles. The molecule has 1 heterocycles. The lowest BCUT2D eigenvalue weighted by atomic mass is 9.85. The molecular formula is C20H25N3O. The molecule has 4 rings (SSSR count). The Hall–Kier alpha value is -2.10. The molecule has 0 aliphatic heterocycles. The molecule has 0 spiro atoms. The first-order valence-corrected chi connectivity index (χ1v) is 9.27. The molecule has 126 valence electrons. The Morgan fingerprint density at radius 1 is 1.08 bits per heavy atom. The first kappa shape index (κ1) is 15.4. The second kappa shape index (κ2) is 6.80. The highest BCUT2D eigenvalue weighted by Crippen LogP contribution is 2.27. The van der Waals surface area contributed by atoms with Gasteiger partial charge in [0.05, 0.1) is 5.69 Å². The number of hydrogen-bond acceptors (Lipinski definition) is 2. The van der Waals surface area contributed by atoms with Gasteiger partial charge >= 0.3 is 0 Å². The average Bonchev–Trinajstić information content (AvgIpc) is 2.75. The van der Waals surface area contributed by atoms with Gasteiger partial charge in [0, 0.05) is 17.8 Å². The van der Waals surface area contributed by atoms with Crippen LogP contribution in [0.2, 0.25) is 0 Å². The first-order valence-electron chi connectivity index (χ1n) is 9.27. The third-order valence-corrected chi connectivity index (χ3v) is 5.42. The van der Waals surface area contributed by atoms with Crippen LogP contribution in [0.1, 0.15) is 60.3 Å². The normalized spacial score (nSPS) is 17.7. The number of benzene rings is 1. The smallest absolute Gasteiger partial charge is 0.272 e. The van der Waals surface area contributed by atoms with Crippen molar-refractivity contribution in [1.82, 2.24) is 15.1 Å². The second-order valence-corrected chi connectivity index (χ2v) is 7.09. The lowest BCUT2D eigenvalue weighted by Crippen LogP contribution is -2.32. The van der Waals surface area contributed by atoms with E-state index < -0.39 is 0 Å². The standard InChI is InChI=1S/C20H25N3O/c24-20(21-14-15-8-7-9-15)19-17-12-5-2-6-13-18(17)23(22-19)16-10-3-1-4-11-16/h1,3-4,10-11,15H,2,5-9,12-14H2,(H,21,24). The Bertz CT molecular complexity index is 716. The SMILES string of the molecule is O=C(NCC1CCC1)c1nn(-c2ccccc2)c2c1CCCCC2. The van der Waals surface area contributed by atoms with Crippen LogP contribution < -0.4 is 5.32 Å². The molecule has 1 amide bonds. The third-order valence-electron chi connectivity index (χ3n) is 5.42. The maximum Gasteiger partial charge on any atom is 0.272 e. The van der Waals surface area contributed by atoms with Gasteiger partial charge in [0.15, 0.2) is 5.69 Å². The van der Waals surface area contributed by atoms with E-state index in [0.29, 0.717) is 11.6 Å². The van der Waals surface area contributed by atoms with E-state index in [0.717, 1.165) is 31.5 Å². The summed E-state index contributed by atoms with van der Waals surface area (Å²) in [5.74, 6) is 0.679.